The number of aldehydes is 1. The van der Waals surface area contributed by atoms with Crippen molar-refractivity contribution in [2.24, 2.45) is 0 Å². The molecule has 40 heavy (non-hydrogen) atoms. The van der Waals surface area contributed by atoms with Crippen LogP contribution in [0.4, 0.5) is 5.82 Å². The van der Waals surface area contributed by atoms with E-state index >= 15 is 0 Å². The standard InChI is InChI=1S/C10H15N5O10P2.C6H10O7/c11-8-5-9(13-2-12-8)15(3-14-5)10-7(17)6(16)4(24-10)1-23-27(21,22)25-26(18,19)20;7-1-2(8)3(9)4(10)5(11)6(12)13/h2-4,6-7,10,16-17H,1H2,(H,21,22)(H2,11,12,13)(H2,18,19,20);1-5,8-11H,(H,12,13)/t4-,6-,7-,10-;2-,3+,4-,5-/m10/s1. The molecule has 0 amide bonds. The molecule has 1 unspecified atom stereocenters. The second kappa shape index (κ2) is 13.4. The molecule has 1 fully saturated rings. The van der Waals surface area contributed by atoms with E-state index in [2.05, 4.69) is 23.8 Å². The number of aliphatic hydroxyl groups excluding tert-OH is 6. The number of hydrogen-bond acceptors (Lipinski definition) is 17. The molecule has 0 bridgehead atoms. The highest BCUT2D eigenvalue weighted by molar-refractivity contribution is 7.60. The summed E-state index contributed by atoms with van der Waals surface area (Å²) in [5, 5.41) is 63.5. The number of carbonyl (C=O) groups excluding carboxylic acids is 1. The number of phosphoric ester groups is 1. The molecule has 24 heteroatoms. The van der Waals surface area contributed by atoms with Crippen LogP contribution in [0.5, 0.6) is 0 Å². The number of fused-ring (bicyclic) bond motifs is 1. The number of nitrogens with zero attached hydrogens (tertiary/aromatic N) is 4. The van der Waals surface area contributed by atoms with Crippen LogP contribution in [0.2, 0.25) is 0 Å². The van der Waals surface area contributed by atoms with Crippen molar-refractivity contribution >= 4 is 44.9 Å². The fourth-order valence-electron chi connectivity index (χ4n) is 3.09. The molecule has 2 aromatic heterocycles. The molecule has 12 N–H and O–H groups in total. The van der Waals surface area contributed by atoms with E-state index in [0.717, 1.165) is 6.33 Å². The fraction of sp³-hybridized carbons (Fsp3) is 0.562. The number of aromatic nitrogens is 4. The zero-order chi connectivity index (χ0) is 30.6. The van der Waals surface area contributed by atoms with Gasteiger partial charge in [0, 0.05) is 0 Å². The fourth-order valence-corrected chi connectivity index (χ4v) is 4.69. The highest BCUT2D eigenvalue weighted by atomic mass is 31.3. The lowest BCUT2D eigenvalue weighted by molar-refractivity contribution is -0.163. The van der Waals surface area contributed by atoms with Crippen LogP contribution >= 0.6 is 15.6 Å². The monoisotopic (exact) mass is 621 g/mol. The van der Waals surface area contributed by atoms with Crippen LogP contribution in [0.25, 0.3) is 11.2 Å². The molecule has 3 rings (SSSR count). The lowest BCUT2D eigenvalue weighted by Crippen LogP contribution is -2.48. The molecule has 0 spiro atoms. The maximum atomic E-state index is 11.5. The maximum Gasteiger partial charge on any atom is 0.481 e. The summed E-state index contributed by atoms with van der Waals surface area (Å²) in [7, 11) is -10.4. The summed E-state index contributed by atoms with van der Waals surface area (Å²) >= 11 is 0. The summed E-state index contributed by atoms with van der Waals surface area (Å²) in [5.74, 6) is -1.67. The van der Waals surface area contributed by atoms with Crippen LogP contribution in [-0.4, -0.2) is 132 Å². The molecule has 226 valence electrons. The lowest BCUT2D eigenvalue weighted by Gasteiger charge is -2.21. The first-order valence-corrected chi connectivity index (χ1v) is 13.5. The molecule has 0 radical (unpaired) electrons. The number of ether oxygens (including phenoxy) is 1. The summed E-state index contributed by atoms with van der Waals surface area (Å²) in [6.07, 6.45) is -11.6. The van der Waals surface area contributed by atoms with Crippen LogP contribution in [0.3, 0.4) is 0 Å². The highest BCUT2D eigenvalue weighted by Gasteiger charge is 2.46. The molecule has 1 saturated heterocycles. The maximum absolute atomic E-state index is 11.5. The molecule has 9 atom stereocenters. The van der Waals surface area contributed by atoms with Gasteiger partial charge in [0.25, 0.3) is 0 Å². The van der Waals surface area contributed by atoms with Crippen molar-refractivity contribution in [2.75, 3.05) is 12.3 Å². The summed E-state index contributed by atoms with van der Waals surface area (Å²) in [6.45, 7) is -0.813. The molecule has 2 aromatic rings. The average molecular weight is 621 g/mol. The molecule has 0 aliphatic carbocycles. The van der Waals surface area contributed by atoms with Gasteiger partial charge in [-0.25, -0.2) is 28.9 Å². The summed E-state index contributed by atoms with van der Waals surface area (Å²) < 4.78 is 36.8. The minimum Gasteiger partial charge on any atom is -0.479 e. The van der Waals surface area contributed by atoms with E-state index in [4.69, 9.17) is 45.8 Å². The number of aliphatic carboxylic acids is 1. The molecule has 1 aliphatic rings. The number of nitrogens with two attached hydrogens (primary N) is 1. The smallest absolute Gasteiger partial charge is 0.479 e. The first-order chi connectivity index (χ1) is 18.4. The largest absolute Gasteiger partial charge is 0.481 e. The van der Waals surface area contributed by atoms with Crippen molar-refractivity contribution in [3.8, 4) is 0 Å². The number of nitrogen functional groups attached to an aromatic ring is 1. The van der Waals surface area contributed by atoms with Gasteiger partial charge in [0.2, 0.25) is 0 Å². The van der Waals surface area contributed by atoms with Gasteiger partial charge in [-0.15, -0.1) is 0 Å². The minimum atomic E-state index is -5.29. The average Bonchev–Trinajstić information content (AvgIpc) is 3.41. The van der Waals surface area contributed by atoms with Crippen molar-refractivity contribution in [1.82, 2.24) is 19.5 Å². The third kappa shape index (κ3) is 8.49. The van der Waals surface area contributed by atoms with Gasteiger partial charge in [0.05, 0.1) is 12.9 Å². The minimum absolute atomic E-state index is 0.0809. The predicted octanol–water partition coefficient (Wildman–Crippen LogP) is -5.03. The number of rotatable bonds is 11. The quantitative estimate of drug-likeness (QED) is 0.0825. The van der Waals surface area contributed by atoms with E-state index < -0.39 is 77.2 Å². The Labute approximate surface area is 221 Å². The SMILES string of the molecule is Nc1ncnc2c1ncn2[C@@H]1O[C@H](COP(=O)(O)OP(=O)(O)O)[C@@H](O)[C@H]1O.O=C[C@H](O)[C@@H](O)[C@H](O)[C@H](O)C(=O)O. The number of anilines is 1. The van der Waals surface area contributed by atoms with Crippen LogP contribution in [0, 0.1) is 0 Å². The topological polar surface area (TPSA) is 368 Å². The van der Waals surface area contributed by atoms with Gasteiger partial charge in [-0.3, -0.25) is 9.09 Å². The molecular formula is C16H25N5O17P2. The van der Waals surface area contributed by atoms with E-state index in [-0.39, 0.29) is 23.3 Å². The molecule has 3 heterocycles. The van der Waals surface area contributed by atoms with E-state index in [1.54, 1.807) is 0 Å². The third-order valence-electron chi connectivity index (χ3n) is 5.03. The van der Waals surface area contributed by atoms with Gasteiger partial charge in [-0.1, -0.05) is 0 Å². The molecular weight excluding hydrogens is 596 g/mol. The summed E-state index contributed by atoms with van der Waals surface area (Å²) in [6, 6.07) is 0. The zero-order valence-electron chi connectivity index (χ0n) is 19.6. The Morgan fingerprint density at radius 2 is 1.73 bits per heavy atom. The van der Waals surface area contributed by atoms with Gasteiger partial charge in [0.15, 0.2) is 30.1 Å². The molecule has 22 nitrogen and oxygen atoms in total. The van der Waals surface area contributed by atoms with Gasteiger partial charge in [-0.2, -0.15) is 4.31 Å². The zero-order valence-corrected chi connectivity index (χ0v) is 21.4. The summed E-state index contributed by atoms with van der Waals surface area (Å²) in [5.41, 5.74) is 6.11. The first kappa shape index (κ1) is 33.7. The normalized spacial score (nSPS) is 25.7. The first-order valence-electron chi connectivity index (χ1n) is 10.5. The van der Waals surface area contributed by atoms with Crippen molar-refractivity contribution < 1.29 is 82.7 Å². The Hall–Kier alpha value is -2.53. The van der Waals surface area contributed by atoms with Gasteiger partial charge in [-0.05, 0) is 0 Å². The van der Waals surface area contributed by atoms with Crippen molar-refractivity contribution in [1.29, 1.82) is 0 Å². The van der Waals surface area contributed by atoms with E-state index in [0.29, 0.717) is 0 Å². The van der Waals surface area contributed by atoms with Gasteiger partial charge >= 0.3 is 21.6 Å². The Morgan fingerprint density at radius 1 is 1.10 bits per heavy atom. The molecule has 1 aliphatic heterocycles. The van der Waals surface area contributed by atoms with Crippen molar-refractivity contribution in [2.45, 2.75) is 49.0 Å². The lowest BCUT2D eigenvalue weighted by atomic mass is 10.0. The van der Waals surface area contributed by atoms with Crippen molar-refractivity contribution in [3.05, 3.63) is 12.7 Å². The molecule has 0 aromatic carbocycles. The van der Waals surface area contributed by atoms with Crippen LogP contribution in [0.1, 0.15) is 6.23 Å². The Morgan fingerprint density at radius 3 is 2.27 bits per heavy atom. The third-order valence-corrected chi connectivity index (χ3v) is 7.18. The second-order valence-corrected chi connectivity index (χ2v) is 10.7. The van der Waals surface area contributed by atoms with Crippen molar-refractivity contribution in [3.63, 3.8) is 0 Å². The predicted molar refractivity (Wildman–Crippen MR) is 122 cm³/mol. The number of imidazole rings is 1. The second-order valence-electron chi connectivity index (χ2n) is 7.86. The Balaban J connectivity index is 0.000000366. The Kier molecular flexibility index (Phi) is 11.3. The number of aliphatic hydroxyl groups is 6. The van der Waals surface area contributed by atoms with Gasteiger partial charge in [0.1, 0.15) is 48.5 Å². The van der Waals surface area contributed by atoms with E-state index in [1.807, 2.05) is 0 Å². The molecule has 0 saturated carbocycles. The van der Waals surface area contributed by atoms with Crippen LogP contribution in [0.15, 0.2) is 12.7 Å². The van der Waals surface area contributed by atoms with Gasteiger partial charge < -0.3 is 65.7 Å². The van der Waals surface area contributed by atoms with E-state index in [9.17, 15) is 33.8 Å². The van der Waals surface area contributed by atoms with Crippen LogP contribution < -0.4 is 5.73 Å². The Bertz CT molecular complexity index is 1270. The number of carboxylic acids is 1. The number of carboxylic acid groups (broad SMARTS) is 1. The highest BCUT2D eigenvalue weighted by Crippen LogP contribution is 2.57. The van der Waals surface area contributed by atoms with E-state index in [1.165, 1.54) is 10.9 Å². The number of phosphoric acid groups is 2. The number of carbonyl (C=O) groups is 2. The number of hydrogen-bond donors (Lipinski definition) is 11. The van der Waals surface area contributed by atoms with Crippen LogP contribution in [-0.2, 0) is 32.3 Å². The summed E-state index contributed by atoms with van der Waals surface area (Å²) in [4.78, 5) is 58.0.